The van der Waals surface area contributed by atoms with Crippen molar-refractivity contribution < 1.29 is 14.3 Å². The molecule has 0 radical (unpaired) electrons. The maximum atomic E-state index is 11.9. The molecular weight excluding hydrogens is 303 g/mol. The van der Waals surface area contributed by atoms with Crippen molar-refractivity contribution in [1.82, 2.24) is 5.32 Å². The quantitative estimate of drug-likeness (QED) is 0.837. The van der Waals surface area contributed by atoms with Crippen molar-refractivity contribution in [3.05, 3.63) is 28.2 Å². The second-order valence-electron chi connectivity index (χ2n) is 4.50. The maximum absolute atomic E-state index is 11.9. The summed E-state index contributed by atoms with van der Waals surface area (Å²) < 4.78 is 4.64. The number of carbonyl (C=O) groups excluding carboxylic acids is 2. The fourth-order valence-electron chi connectivity index (χ4n) is 1.56. The summed E-state index contributed by atoms with van der Waals surface area (Å²) in [6.07, 6.45) is 0. The van der Waals surface area contributed by atoms with Gasteiger partial charge in [-0.25, -0.2) is 9.59 Å². The van der Waals surface area contributed by atoms with E-state index in [2.05, 4.69) is 15.4 Å². The number of rotatable bonds is 4. The van der Waals surface area contributed by atoms with Gasteiger partial charge in [0, 0.05) is 15.7 Å². The van der Waals surface area contributed by atoms with Crippen LogP contribution in [0.1, 0.15) is 13.8 Å². The molecule has 2 amide bonds. The number of esters is 1. The fraction of sp³-hybridized carbons (Fsp3) is 0.385. The normalized spacial score (nSPS) is 11.9. The van der Waals surface area contributed by atoms with Gasteiger partial charge in [-0.05, 0) is 24.1 Å². The van der Waals surface area contributed by atoms with Crippen LogP contribution < -0.4 is 10.6 Å². The molecule has 0 saturated carbocycles. The average molecular weight is 319 g/mol. The van der Waals surface area contributed by atoms with E-state index in [4.69, 9.17) is 23.2 Å². The molecule has 0 aliphatic heterocycles. The lowest BCUT2D eigenvalue weighted by Gasteiger charge is -2.20. The molecule has 1 aromatic rings. The molecule has 1 atom stereocenters. The Balaban J connectivity index is 2.73. The Bertz CT molecular complexity index is 486. The molecule has 1 aromatic carbocycles. The lowest BCUT2D eigenvalue weighted by atomic mass is 10.1. The zero-order valence-corrected chi connectivity index (χ0v) is 12.9. The summed E-state index contributed by atoms with van der Waals surface area (Å²) in [6.45, 7) is 3.61. The number of hydrogen-bond donors (Lipinski definition) is 2. The highest BCUT2D eigenvalue weighted by molar-refractivity contribution is 6.35. The minimum atomic E-state index is -0.727. The first-order valence-electron chi connectivity index (χ1n) is 5.95. The molecule has 0 heterocycles. The maximum Gasteiger partial charge on any atom is 0.328 e. The highest BCUT2D eigenvalue weighted by Gasteiger charge is 2.24. The molecule has 0 aliphatic rings. The summed E-state index contributed by atoms with van der Waals surface area (Å²) in [5.74, 6) is -0.601. The van der Waals surface area contributed by atoms with Crippen molar-refractivity contribution in [2.24, 2.45) is 5.92 Å². The van der Waals surface area contributed by atoms with Gasteiger partial charge in [-0.3, -0.25) is 0 Å². The van der Waals surface area contributed by atoms with Gasteiger partial charge in [0.25, 0.3) is 0 Å². The van der Waals surface area contributed by atoms with E-state index in [9.17, 15) is 9.59 Å². The van der Waals surface area contributed by atoms with Gasteiger partial charge in [0.2, 0.25) is 0 Å². The van der Waals surface area contributed by atoms with Crippen molar-refractivity contribution in [1.29, 1.82) is 0 Å². The van der Waals surface area contributed by atoms with E-state index in [0.29, 0.717) is 15.7 Å². The smallest absolute Gasteiger partial charge is 0.328 e. The molecule has 7 heteroatoms. The van der Waals surface area contributed by atoms with E-state index >= 15 is 0 Å². The van der Waals surface area contributed by atoms with Crippen molar-refractivity contribution in [3.8, 4) is 0 Å². The SMILES string of the molecule is COC(=O)C(NC(=O)Nc1cc(Cl)cc(Cl)c1)C(C)C. The Morgan fingerprint density at radius 1 is 1.15 bits per heavy atom. The third-order valence-corrected chi connectivity index (χ3v) is 2.97. The number of anilines is 1. The van der Waals surface area contributed by atoms with E-state index in [1.165, 1.54) is 7.11 Å². The van der Waals surface area contributed by atoms with E-state index in [1.807, 2.05) is 0 Å². The predicted molar refractivity (Wildman–Crippen MR) is 79.3 cm³/mol. The van der Waals surface area contributed by atoms with Gasteiger partial charge < -0.3 is 15.4 Å². The number of amides is 2. The monoisotopic (exact) mass is 318 g/mol. The molecule has 110 valence electrons. The second kappa shape index (κ2) is 7.36. The summed E-state index contributed by atoms with van der Waals surface area (Å²) >= 11 is 11.7. The van der Waals surface area contributed by atoms with Crippen LogP contribution in [0.15, 0.2) is 18.2 Å². The zero-order valence-electron chi connectivity index (χ0n) is 11.4. The van der Waals surface area contributed by atoms with Crippen molar-refractivity contribution >= 4 is 40.9 Å². The molecule has 0 saturated heterocycles. The van der Waals surface area contributed by atoms with Crippen LogP contribution in [-0.4, -0.2) is 25.2 Å². The Morgan fingerprint density at radius 3 is 2.15 bits per heavy atom. The van der Waals surface area contributed by atoms with Crippen LogP contribution in [0.25, 0.3) is 0 Å². The summed E-state index contributed by atoms with van der Waals surface area (Å²) in [6, 6.07) is 3.39. The molecule has 20 heavy (non-hydrogen) atoms. The average Bonchev–Trinajstić information content (AvgIpc) is 2.33. The van der Waals surface area contributed by atoms with Crippen LogP contribution in [0.4, 0.5) is 10.5 Å². The number of urea groups is 1. The van der Waals surface area contributed by atoms with Crippen LogP contribution in [0.5, 0.6) is 0 Å². The number of hydrogen-bond acceptors (Lipinski definition) is 3. The Morgan fingerprint density at radius 2 is 1.70 bits per heavy atom. The van der Waals surface area contributed by atoms with Crippen molar-refractivity contribution in [3.63, 3.8) is 0 Å². The number of ether oxygens (including phenoxy) is 1. The van der Waals surface area contributed by atoms with Gasteiger partial charge in [-0.15, -0.1) is 0 Å². The lowest BCUT2D eigenvalue weighted by molar-refractivity contribution is -0.143. The first-order chi connectivity index (χ1) is 9.33. The molecule has 0 aliphatic carbocycles. The minimum absolute atomic E-state index is 0.101. The Kier molecular flexibility index (Phi) is 6.10. The minimum Gasteiger partial charge on any atom is -0.467 e. The lowest BCUT2D eigenvalue weighted by Crippen LogP contribution is -2.46. The molecule has 0 aromatic heterocycles. The Hall–Kier alpha value is -1.46. The van der Waals surface area contributed by atoms with Gasteiger partial charge in [-0.2, -0.15) is 0 Å². The first kappa shape index (κ1) is 16.6. The van der Waals surface area contributed by atoms with Crippen LogP contribution in [0.2, 0.25) is 10.0 Å². The van der Waals surface area contributed by atoms with Crippen molar-refractivity contribution in [2.75, 3.05) is 12.4 Å². The van der Waals surface area contributed by atoms with Gasteiger partial charge in [0.05, 0.1) is 7.11 Å². The number of halogens is 2. The van der Waals surface area contributed by atoms with Crippen LogP contribution >= 0.6 is 23.2 Å². The Labute approximate surface area is 127 Å². The predicted octanol–water partition coefficient (Wildman–Crippen LogP) is 3.31. The molecule has 1 unspecified atom stereocenters. The molecular formula is C13H16Cl2N2O3. The van der Waals surface area contributed by atoms with E-state index < -0.39 is 18.0 Å². The number of nitrogens with one attached hydrogen (secondary N) is 2. The van der Waals surface area contributed by atoms with Gasteiger partial charge >= 0.3 is 12.0 Å². The summed E-state index contributed by atoms with van der Waals surface area (Å²) in [5.41, 5.74) is 0.437. The van der Waals surface area contributed by atoms with Crippen LogP contribution in [0.3, 0.4) is 0 Å². The zero-order chi connectivity index (χ0) is 15.3. The number of methoxy groups -OCH3 is 1. The van der Waals surface area contributed by atoms with Gasteiger partial charge in [-0.1, -0.05) is 37.0 Å². The molecule has 0 fully saturated rings. The third kappa shape index (κ3) is 4.90. The van der Waals surface area contributed by atoms with Crippen LogP contribution in [-0.2, 0) is 9.53 Å². The summed E-state index contributed by atoms with van der Waals surface area (Å²) in [5, 5.41) is 5.91. The molecule has 5 nitrogen and oxygen atoms in total. The van der Waals surface area contributed by atoms with E-state index in [1.54, 1.807) is 32.0 Å². The third-order valence-electron chi connectivity index (χ3n) is 2.53. The number of benzene rings is 1. The fourth-order valence-corrected chi connectivity index (χ4v) is 2.09. The molecule has 2 N–H and O–H groups in total. The highest BCUT2D eigenvalue weighted by atomic mass is 35.5. The van der Waals surface area contributed by atoms with E-state index in [0.717, 1.165) is 0 Å². The number of carbonyl (C=O) groups is 2. The second-order valence-corrected chi connectivity index (χ2v) is 5.37. The molecule has 1 rings (SSSR count). The van der Waals surface area contributed by atoms with Gasteiger partial charge in [0.15, 0.2) is 0 Å². The van der Waals surface area contributed by atoms with Crippen molar-refractivity contribution in [2.45, 2.75) is 19.9 Å². The standard InChI is InChI=1S/C13H16Cl2N2O3/c1-7(2)11(12(18)20-3)17-13(19)16-10-5-8(14)4-9(15)6-10/h4-7,11H,1-3H3,(H2,16,17,19). The largest absolute Gasteiger partial charge is 0.467 e. The highest BCUT2D eigenvalue weighted by Crippen LogP contribution is 2.22. The molecule has 0 bridgehead atoms. The van der Waals surface area contributed by atoms with E-state index in [-0.39, 0.29) is 5.92 Å². The first-order valence-corrected chi connectivity index (χ1v) is 6.70. The summed E-state index contributed by atoms with van der Waals surface area (Å²) in [4.78, 5) is 23.4. The topological polar surface area (TPSA) is 67.4 Å². The van der Waals surface area contributed by atoms with Crippen LogP contribution in [0, 0.1) is 5.92 Å². The summed E-state index contributed by atoms with van der Waals surface area (Å²) in [7, 11) is 1.27. The molecule has 0 spiro atoms. The van der Waals surface area contributed by atoms with Gasteiger partial charge in [0.1, 0.15) is 6.04 Å².